The molecule has 1 aromatic rings. The number of halogens is 2. The third kappa shape index (κ3) is 3.18. The fourth-order valence-corrected chi connectivity index (χ4v) is 2.53. The summed E-state index contributed by atoms with van der Waals surface area (Å²) in [5.41, 5.74) is 7.44. The number of benzene rings is 1. The standard InChI is InChI=1S/C12H17Cl2N3/c1-17-4-2-3-8(7-17)16-12-6-10(14)9(13)5-11(12)15/h5-6,8,16H,2-4,7,15H2,1H3. The van der Waals surface area contributed by atoms with Crippen LogP contribution in [0.2, 0.25) is 10.0 Å². The summed E-state index contributed by atoms with van der Waals surface area (Å²) in [5, 5.41) is 4.47. The topological polar surface area (TPSA) is 41.3 Å². The average molecular weight is 274 g/mol. The summed E-state index contributed by atoms with van der Waals surface area (Å²) in [6.07, 6.45) is 2.36. The summed E-state index contributed by atoms with van der Waals surface area (Å²) < 4.78 is 0. The first-order valence-electron chi connectivity index (χ1n) is 5.76. The van der Waals surface area contributed by atoms with Gasteiger partial charge in [0, 0.05) is 12.6 Å². The third-order valence-corrected chi connectivity index (χ3v) is 3.80. The predicted octanol–water partition coefficient (Wildman–Crippen LogP) is 3.08. The van der Waals surface area contributed by atoms with Gasteiger partial charge in [0.2, 0.25) is 0 Å². The number of anilines is 2. The molecule has 1 aliphatic rings. The maximum Gasteiger partial charge on any atom is 0.0614 e. The van der Waals surface area contributed by atoms with Crippen LogP contribution in [0.3, 0.4) is 0 Å². The van der Waals surface area contributed by atoms with E-state index in [-0.39, 0.29) is 0 Å². The molecule has 1 aliphatic heterocycles. The van der Waals surface area contributed by atoms with Crippen LogP contribution in [0.4, 0.5) is 11.4 Å². The maximum absolute atomic E-state index is 5.99. The Balaban J connectivity index is 2.10. The van der Waals surface area contributed by atoms with Crippen molar-refractivity contribution in [2.75, 3.05) is 31.2 Å². The van der Waals surface area contributed by atoms with E-state index in [0.29, 0.717) is 21.8 Å². The Hall–Kier alpha value is -0.640. The quantitative estimate of drug-likeness (QED) is 0.814. The highest BCUT2D eigenvalue weighted by Crippen LogP contribution is 2.31. The number of rotatable bonds is 2. The van der Waals surface area contributed by atoms with Crippen molar-refractivity contribution in [3.05, 3.63) is 22.2 Å². The van der Waals surface area contributed by atoms with Crippen molar-refractivity contribution in [2.24, 2.45) is 0 Å². The van der Waals surface area contributed by atoms with Gasteiger partial charge < -0.3 is 16.0 Å². The minimum atomic E-state index is 0.424. The van der Waals surface area contributed by atoms with Crippen molar-refractivity contribution < 1.29 is 0 Å². The van der Waals surface area contributed by atoms with Gasteiger partial charge in [-0.3, -0.25) is 0 Å². The minimum absolute atomic E-state index is 0.424. The number of hydrogen-bond acceptors (Lipinski definition) is 3. The summed E-state index contributed by atoms with van der Waals surface area (Å²) >= 11 is 11.9. The second kappa shape index (κ2) is 5.34. The van der Waals surface area contributed by atoms with Crippen LogP contribution < -0.4 is 11.1 Å². The second-order valence-electron chi connectivity index (χ2n) is 4.60. The molecule has 1 aromatic carbocycles. The van der Waals surface area contributed by atoms with E-state index in [0.717, 1.165) is 25.2 Å². The number of piperidine rings is 1. The van der Waals surface area contributed by atoms with Crippen LogP contribution in [0, 0.1) is 0 Å². The SMILES string of the molecule is CN1CCCC(Nc2cc(Cl)c(Cl)cc2N)C1. The summed E-state index contributed by atoms with van der Waals surface area (Å²) in [5.74, 6) is 0. The summed E-state index contributed by atoms with van der Waals surface area (Å²) in [7, 11) is 2.13. The smallest absolute Gasteiger partial charge is 0.0614 e. The summed E-state index contributed by atoms with van der Waals surface area (Å²) in [4.78, 5) is 2.31. The molecule has 3 N–H and O–H groups in total. The van der Waals surface area contributed by atoms with Crippen LogP contribution in [0.25, 0.3) is 0 Å². The van der Waals surface area contributed by atoms with Crippen LogP contribution in [0.1, 0.15) is 12.8 Å². The fourth-order valence-electron chi connectivity index (χ4n) is 2.19. The van der Waals surface area contributed by atoms with Crippen molar-refractivity contribution in [2.45, 2.75) is 18.9 Å². The molecule has 1 atom stereocenters. The summed E-state index contributed by atoms with van der Waals surface area (Å²) in [6, 6.07) is 3.92. The number of likely N-dealkylation sites (tertiary alicyclic amines) is 1. The lowest BCUT2D eigenvalue weighted by molar-refractivity contribution is 0.261. The number of nitrogens with zero attached hydrogens (tertiary/aromatic N) is 1. The predicted molar refractivity (Wildman–Crippen MR) is 75.0 cm³/mol. The molecular weight excluding hydrogens is 257 g/mol. The Morgan fingerprint density at radius 1 is 1.35 bits per heavy atom. The van der Waals surface area contributed by atoms with Crippen LogP contribution in [0.5, 0.6) is 0 Å². The van der Waals surface area contributed by atoms with E-state index >= 15 is 0 Å². The Bertz CT molecular complexity index is 409. The molecule has 0 aliphatic carbocycles. The maximum atomic E-state index is 5.99. The molecular formula is C12H17Cl2N3. The van der Waals surface area contributed by atoms with Gasteiger partial charge in [0.05, 0.1) is 21.4 Å². The van der Waals surface area contributed by atoms with Gasteiger partial charge >= 0.3 is 0 Å². The van der Waals surface area contributed by atoms with Gasteiger partial charge in [-0.15, -0.1) is 0 Å². The van der Waals surface area contributed by atoms with Crippen LogP contribution in [-0.2, 0) is 0 Å². The van der Waals surface area contributed by atoms with Crippen molar-refractivity contribution in [3.63, 3.8) is 0 Å². The van der Waals surface area contributed by atoms with Crippen molar-refractivity contribution >= 4 is 34.6 Å². The van der Waals surface area contributed by atoms with E-state index in [1.807, 2.05) is 0 Å². The molecule has 1 saturated heterocycles. The first-order chi connectivity index (χ1) is 8.06. The Morgan fingerprint density at radius 2 is 2.06 bits per heavy atom. The van der Waals surface area contributed by atoms with Crippen molar-refractivity contribution in [3.8, 4) is 0 Å². The molecule has 2 rings (SSSR count). The minimum Gasteiger partial charge on any atom is -0.397 e. The molecule has 17 heavy (non-hydrogen) atoms. The highest BCUT2D eigenvalue weighted by molar-refractivity contribution is 6.42. The molecule has 3 nitrogen and oxygen atoms in total. The first-order valence-corrected chi connectivity index (χ1v) is 6.51. The largest absolute Gasteiger partial charge is 0.397 e. The van der Waals surface area contributed by atoms with E-state index < -0.39 is 0 Å². The van der Waals surface area contributed by atoms with Gasteiger partial charge in [0.1, 0.15) is 0 Å². The molecule has 1 heterocycles. The van der Waals surface area contributed by atoms with Crippen molar-refractivity contribution in [1.29, 1.82) is 0 Å². The molecule has 0 saturated carbocycles. The number of likely N-dealkylation sites (N-methyl/N-ethyl adjacent to an activating group) is 1. The van der Waals surface area contributed by atoms with Gasteiger partial charge in [-0.2, -0.15) is 0 Å². The zero-order valence-electron chi connectivity index (χ0n) is 9.84. The van der Waals surface area contributed by atoms with E-state index in [1.54, 1.807) is 12.1 Å². The number of nitrogens with one attached hydrogen (secondary N) is 1. The number of hydrogen-bond donors (Lipinski definition) is 2. The number of nitrogen functional groups attached to an aromatic ring is 1. The lowest BCUT2D eigenvalue weighted by Gasteiger charge is -2.31. The lowest BCUT2D eigenvalue weighted by Crippen LogP contribution is -2.39. The van der Waals surface area contributed by atoms with E-state index in [4.69, 9.17) is 28.9 Å². The molecule has 0 radical (unpaired) electrons. The fraction of sp³-hybridized carbons (Fsp3) is 0.500. The zero-order chi connectivity index (χ0) is 12.4. The van der Waals surface area contributed by atoms with Gasteiger partial charge in [-0.05, 0) is 38.6 Å². The molecule has 1 unspecified atom stereocenters. The monoisotopic (exact) mass is 273 g/mol. The third-order valence-electron chi connectivity index (χ3n) is 3.08. The van der Waals surface area contributed by atoms with Gasteiger partial charge in [0.15, 0.2) is 0 Å². The highest BCUT2D eigenvalue weighted by atomic mass is 35.5. The molecule has 94 valence electrons. The van der Waals surface area contributed by atoms with E-state index in [9.17, 15) is 0 Å². The Labute approximate surface area is 112 Å². The van der Waals surface area contributed by atoms with Gasteiger partial charge in [-0.1, -0.05) is 23.2 Å². The lowest BCUT2D eigenvalue weighted by atomic mass is 10.1. The second-order valence-corrected chi connectivity index (χ2v) is 5.41. The summed E-state index contributed by atoms with van der Waals surface area (Å²) in [6.45, 7) is 2.19. The molecule has 5 heteroatoms. The highest BCUT2D eigenvalue weighted by Gasteiger charge is 2.18. The molecule has 0 spiro atoms. The van der Waals surface area contributed by atoms with E-state index in [2.05, 4.69) is 17.3 Å². The Kier molecular flexibility index (Phi) is 4.02. The molecule has 0 amide bonds. The van der Waals surface area contributed by atoms with Gasteiger partial charge in [0.25, 0.3) is 0 Å². The first kappa shape index (κ1) is 12.8. The van der Waals surface area contributed by atoms with Crippen molar-refractivity contribution in [1.82, 2.24) is 4.90 Å². The molecule has 0 aromatic heterocycles. The van der Waals surface area contributed by atoms with Crippen LogP contribution >= 0.6 is 23.2 Å². The van der Waals surface area contributed by atoms with Crippen LogP contribution in [0.15, 0.2) is 12.1 Å². The Morgan fingerprint density at radius 3 is 2.76 bits per heavy atom. The molecule has 0 bridgehead atoms. The average Bonchev–Trinajstić information content (AvgIpc) is 2.26. The van der Waals surface area contributed by atoms with Gasteiger partial charge in [-0.25, -0.2) is 0 Å². The zero-order valence-corrected chi connectivity index (χ0v) is 11.4. The van der Waals surface area contributed by atoms with E-state index in [1.165, 1.54) is 6.42 Å². The normalized spacial score (nSPS) is 21.5. The molecule has 1 fully saturated rings. The number of nitrogens with two attached hydrogens (primary N) is 1. The van der Waals surface area contributed by atoms with Crippen LogP contribution in [-0.4, -0.2) is 31.1 Å².